The van der Waals surface area contributed by atoms with Crippen LogP contribution in [0.3, 0.4) is 0 Å². The van der Waals surface area contributed by atoms with Gasteiger partial charge < -0.3 is 4.42 Å². The van der Waals surface area contributed by atoms with Crippen LogP contribution in [0.25, 0.3) is 6.08 Å². The molecule has 0 atom stereocenters. The SMILES string of the molecule is NN1C(=O)NC(=O)C1=Cc1ccco1. The first-order chi connectivity index (χ1) is 6.68. The minimum Gasteiger partial charge on any atom is -0.465 e. The van der Waals surface area contributed by atoms with Crippen molar-refractivity contribution < 1.29 is 14.0 Å². The topological polar surface area (TPSA) is 88.6 Å². The van der Waals surface area contributed by atoms with Crippen molar-refractivity contribution in [2.45, 2.75) is 0 Å². The van der Waals surface area contributed by atoms with Crippen LogP contribution in [-0.2, 0) is 4.79 Å². The normalized spacial score (nSPS) is 19.2. The van der Waals surface area contributed by atoms with E-state index in [2.05, 4.69) is 0 Å². The van der Waals surface area contributed by atoms with Gasteiger partial charge in [-0.25, -0.2) is 15.6 Å². The summed E-state index contributed by atoms with van der Waals surface area (Å²) in [5.41, 5.74) is 0.0601. The number of hydrazine groups is 1. The van der Waals surface area contributed by atoms with Gasteiger partial charge in [0, 0.05) is 6.08 Å². The first-order valence-corrected chi connectivity index (χ1v) is 3.84. The summed E-state index contributed by atoms with van der Waals surface area (Å²) in [4.78, 5) is 22.1. The van der Waals surface area contributed by atoms with Crippen molar-refractivity contribution in [1.82, 2.24) is 10.3 Å². The molecule has 0 spiro atoms. The third kappa shape index (κ3) is 1.27. The van der Waals surface area contributed by atoms with Gasteiger partial charge >= 0.3 is 6.03 Å². The molecule has 3 N–H and O–H groups in total. The van der Waals surface area contributed by atoms with Gasteiger partial charge in [-0.2, -0.15) is 0 Å². The number of amides is 3. The Morgan fingerprint density at radius 1 is 1.50 bits per heavy atom. The second kappa shape index (κ2) is 3.00. The summed E-state index contributed by atoms with van der Waals surface area (Å²) in [7, 11) is 0. The minimum absolute atomic E-state index is 0.0601. The van der Waals surface area contributed by atoms with Crippen LogP contribution >= 0.6 is 0 Å². The Kier molecular flexibility index (Phi) is 1.83. The Hall–Kier alpha value is -2.08. The molecule has 1 aliphatic heterocycles. The molecule has 1 aromatic heterocycles. The van der Waals surface area contributed by atoms with Gasteiger partial charge in [0.15, 0.2) is 0 Å². The van der Waals surface area contributed by atoms with Gasteiger partial charge in [0.25, 0.3) is 5.91 Å². The fourth-order valence-electron chi connectivity index (χ4n) is 1.08. The summed E-state index contributed by atoms with van der Waals surface area (Å²) in [6.45, 7) is 0. The van der Waals surface area contributed by atoms with Crippen LogP contribution in [0.4, 0.5) is 4.79 Å². The zero-order valence-corrected chi connectivity index (χ0v) is 7.06. The standard InChI is InChI=1S/C8H7N3O3/c9-11-6(7(12)10-8(11)13)4-5-2-1-3-14-5/h1-4H,9H2,(H,10,12,13). The molecule has 14 heavy (non-hydrogen) atoms. The van der Waals surface area contributed by atoms with Crippen molar-refractivity contribution in [2.75, 3.05) is 0 Å². The van der Waals surface area contributed by atoms with Crippen LogP contribution in [0.5, 0.6) is 0 Å². The Bertz CT molecular complexity index is 407. The second-order valence-electron chi connectivity index (χ2n) is 2.67. The lowest BCUT2D eigenvalue weighted by molar-refractivity contribution is -0.116. The summed E-state index contributed by atoms with van der Waals surface area (Å²) in [6.07, 6.45) is 2.85. The Morgan fingerprint density at radius 3 is 2.79 bits per heavy atom. The van der Waals surface area contributed by atoms with Gasteiger partial charge in [-0.05, 0) is 12.1 Å². The highest BCUT2D eigenvalue weighted by Crippen LogP contribution is 2.13. The molecule has 6 heteroatoms. The maximum absolute atomic E-state index is 11.2. The van der Waals surface area contributed by atoms with E-state index in [4.69, 9.17) is 10.3 Å². The molecule has 72 valence electrons. The van der Waals surface area contributed by atoms with Crippen molar-refractivity contribution in [3.05, 3.63) is 29.9 Å². The van der Waals surface area contributed by atoms with Crippen molar-refractivity contribution >= 4 is 18.0 Å². The van der Waals surface area contributed by atoms with E-state index in [0.29, 0.717) is 5.76 Å². The van der Waals surface area contributed by atoms with Gasteiger partial charge in [-0.15, -0.1) is 0 Å². The van der Waals surface area contributed by atoms with Crippen LogP contribution in [0.1, 0.15) is 5.76 Å². The molecule has 0 radical (unpaired) electrons. The molecule has 3 amide bonds. The maximum Gasteiger partial charge on any atom is 0.343 e. The summed E-state index contributed by atoms with van der Waals surface area (Å²) in [5.74, 6) is 5.25. The molecule has 1 aliphatic rings. The van der Waals surface area contributed by atoms with Crippen molar-refractivity contribution in [1.29, 1.82) is 0 Å². The zero-order valence-electron chi connectivity index (χ0n) is 7.06. The highest BCUT2D eigenvalue weighted by atomic mass is 16.3. The summed E-state index contributed by atoms with van der Waals surface area (Å²) in [6, 6.07) is 2.67. The lowest BCUT2D eigenvalue weighted by Gasteiger charge is -2.04. The van der Waals surface area contributed by atoms with Gasteiger partial charge in [0.2, 0.25) is 0 Å². The average molecular weight is 193 g/mol. The fraction of sp³-hybridized carbons (Fsp3) is 0. The number of urea groups is 1. The number of hydrogen-bond donors (Lipinski definition) is 2. The number of hydrogen-bond acceptors (Lipinski definition) is 4. The highest BCUT2D eigenvalue weighted by Gasteiger charge is 2.30. The lowest BCUT2D eigenvalue weighted by Crippen LogP contribution is -2.33. The Labute approximate surface area is 78.9 Å². The number of nitrogens with two attached hydrogens (primary N) is 1. The molecule has 6 nitrogen and oxygen atoms in total. The molecule has 1 aromatic rings. The fourth-order valence-corrected chi connectivity index (χ4v) is 1.08. The second-order valence-corrected chi connectivity index (χ2v) is 2.67. The molecule has 0 aromatic carbocycles. The van der Waals surface area contributed by atoms with Gasteiger partial charge in [-0.1, -0.05) is 0 Å². The Morgan fingerprint density at radius 2 is 2.29 bits per heavy atom. The number of carbonyl (C=O) groups is 2. The number of furan rings is 1. The third-order valence-electron chi connectivity index (χ3n) is 1.75. The molecule has 0 unspecified atom stereocenters. The van der Waals surface area contributed by atoms with E-state index in [1.54, 1.807) is 12.1 Å². The van der Waals surface area contributed by atoms with E-state index in [1.165, 1.54) is 12.3 Å². The number of nitrogens with zero attached hydrogens (tertiary/aromatic N) is 1. The molecule has 1 saturated heterocycles. The monoisotopic (exact) mass is 193 g/mol. The summed E-state index contributed by atoms with van der Waals surface area (Å²) in [5, 5.41) is 2.78. The van der Waals surface area contributed by atoms with Crippen LogP contribution in [-0.4, -0.2) is 16.9 Å². The number of imide groups is 1. The summed E-state index contributed by atoms with van der Waals surface area (Å²) >= 11 is 0. The lowest BCUT2D eigenvalue weighted by atomic mass is 10.3. The molecule has 1 fully saturated rings. The van der Waals surface area contributed by atoms with Crippen LogP contribution in [0.15, 0.2) is 28.5 Å². The van der Waals surface area contributed by atoms with E-state index >= 15 is 0 Å². The number of rotatable bonds is 1. The molecule has 2 heterocycles. The Balaban J connectivity index is 2.34. The molecular formula is C8H7N3O3. The molecular weight excluding hydrogens is 186 g/mol. The van der Waals surface area contributed by atoms with E-state index in [9.17, 15) is 9.59 Å². The molecule has 0 aliphatic carbocycles. The van der Waals surface area contributed by atoms with E-state index in [-0.39, 0.29) is 5.70 Å². The zero-order chi connectivity index (χ0) is 10.1. The van der Waals surface area contributed by atoms with Crippen LogP contribution < -0.4 is 11.2 Å². The van der Waals surface area contributed by atoms with E-state index < -0.39 is 11.9 Å². The van der Waals surface area contributed by atoms with Crippen LogP contribution in [0, 0.1) is 0 Å². The molecule has 2 rings (SSSR count). The van der Waals surface area contributed by atoms with E-state index in [1.807, 2.05) is 5.32 Å². The van der Waals surface area contributed by atoms with Crippen molar-refractivity contribution in [3.8, 4) is 0 Å². The van der Waals surface area contributed by atoms with Gasteiger partial charge in [0.1, 0.15) is 11.5 Å². The first-order valence-electron chi connectivity index (χ1n) is 3.84. The first kappa shape index (κ1) is 8.52. The smallest absolute Gasteiger partial charge is 0.343 e. The minimum atomic E-state index is -0.646. The highest BCUT2D eigenvalue weighted by molar-refractivity contribution is 6.13. The number of carbonyl (C=O) groups excluding carboxylic acids is 2. The van der Waals surface area contributed by atoms with Crippen LogP contribution in [0.2, 0.25) is 0 Å². The predicted octanol–water partition coefficient (Wildman–Crippen LogP) is 0.0460. The largest absolute Gasteiger partial charge is 0.465 e. The van der Waals surface area contributed by atoms with Gasteiger partial charge in [-0.3, -0.25) is 10.1 Å². The quantitative estimate of drug-likeness (QED) is 0.285. The number of nitrogens with one attached hydrogen (secondary N) is 1. The van der Waals surface area contributed by atoms with E-state index in [0.717, 1.165) is 5.01 Å². The summed E-state index contributed by atoms with van der Waals surface area (Å²) < 4.78 is 4.98. The molecule has 0 bridgehead atoms. The predicted molar refractivity (Wildman–Crippen MR) is 46.3 cm³/mol. The van der Waals surface area contributed by atoms with Crippen molar-refractivity contribution in [2.24, 2.45) is 5.84 Å². The maximum atomic E-state index is 11.2. The molecule has 0 saturated carbocycles. The third-order valence-corrected chi connectivity index (χ3v) is 1.75. The van der Waals surface area contributed by atoms with Crippen molar-refractivity contribution in [3.63, 3.8) is 0 Å². The average Bonchev–Trinajstić information content (AvgIpc) is 2.71. The van der Waals surface area contributed by atoms with Gasteiger partial charge in [0.05, 0.1) is 6.26 Å².